The molecule has 0 aliphatic carbocycles. The third kappa shape index (κ3) is 12.3. The van der Waals surface area contributed by atoms with Crippen molar-refractivity contribution in [2.75, 3.05) is 11.5 Å². The van der Waals surface area contributed by atoms with E-state index in [0.717, 1.165) is 0 Å². The number of unbranched alkanes of at least 4 members (excludes halogenated alkanes) is 9. The maximum absolute atomic E-state index is 2.46. The van der Waals surface area contributed by atoms with Gasteiger partial charge in [-0.2, -0.15) is 0 Å². The minimum Gasteiger partial charge on any atom is -0.126 e. The van der Waals surface area contributed by atoms with Crippen LogP contribution in [0, 0.1) is 0 Å². The highest BCUT2D eigenvalue weighted by molar-refractivity contribution is 8.00. The zero-order valence-electron chi connectivity index (χ0n) is 17.7. The summed E-state index contributed by atoms with van der Waals surface area (Å²) in [6, 6.07) is 7.36. The first-order valence-electron chi connectivity index (χ1n) is 11.2. The Kier molecular flexibility index (Phi) is 15.7. The van der Waals surface area contributed by atoms with Crippen molar-refractivity contribution in [1.29, 1.82) is 0 Å². The predicted octanol–water partition coefficient (Wildman–Crippen LogP) is 9.15. The van der Waals surface area contributed by atoms with Crippen molar-refractivity contribution in [2.45, 2.75) is 114 Å². The van der Waals surface area contributed by atoms with Gasteiger partial charge in [-0.15, -0.1) is 23.5 Å². The van der Waals surface area contributed by atoms with Gasteiger partial charge in [0.1, 0.15) is 0 Å². The standard InChI is InChI=1S/C24H42S2/c1-4-7-10-12-14-17-25-23-19-22(16-9-6-3)20-24(21-23)26-18-15-13-11-8-5-2/h19-21H,4-18H2,1-3H3. The molecule has 0 bridgehead atoms. The van der Waals surface area contributed by atoms with E-state index in [1.807, 2.05) is 0 Å². The number of aryl methyl sites for hydroxylation is 1. The quantitative estimate of drug-likeness (QED) is 0.191. The van der Waals surface area contributed by atoms with Crippen molar-refractivity contribution in [2.24, 2.45) is 0 Å². The third-order valence-corrected chi connectivity index (χ3v) is 6.92. The summed E-state index contributed by atoms with van der Waals surface area (Å²) in [5, 5.41) is 0. The summed E-state index contributed by atoms with van der Waals surface area (Å²) in [6.45, 7) is 6.87. The lowest BCUT2D eigenvalue weighted by Crippen LogP contribution is -1.90. The van der Waals surface area contributed by atoms with Crippen LogP contribution >= 0.6 is 23.5 Å². The van der Waals surface area contributed by atoms with Crippen LogP contribution in [0.3, 0.4) is 0 Å². The van der Waals surface area contributed by atoms with Gasteiger partial charge in [0, 0.05) is 9.79 Å². The molecule has 0 radical (unpaired) electrons. The van der Waals surface area contributed by atoms with Crippen LogP contribution in [0.15, 0.2) is 28.0 Å². The van der Waals surface area contributed by atoms with E-state index in [-0.39, 0.29) is 0 Å². The first-order valence-corrected chi connectivity index (χ1v) is 13.2. The lowest BCUT2D eigenvalue weighted by atomic mass is 10.1. The predicted molar refractivity (Wildman–Crippen MR) is 124 cm³/mol. The fraction of sp³-hybridized carbons (Fsp3) is 0.750. The molecule has 0 amide bonds. The molecule has 0 aliphatic heterocycles. The Morgan fingerprint density at radius 2 is 1.00 bits per heavy atom. The van der Waals surface area contributed by atoms with Gasteiger partial charge < -0.3 is 0 Å². The highest BCUT2D eigenvalue weighted by atomic mass is 32.2. The van der Waals surface area contributed by atoms with Crippen LogP contribution in [0.4, 0.5) is 0 Å². The summed E-state index contributed by atoms with van der Waals surface area (Å²) in [7, 11) is 0. The van der Waals surface area contributed by atoms with Gasteiger partial charge in [-0.25, -0.2) is 0 Å². The lowest BCUT2D eigenvalue weighted by molar-refractivity contribution is 0.659. The van der Waals surface area contributed by atoms with E-state index in [2.05, 4.69) is 62.5 Å². The smallest absolute Gasteiger partial charge is 0.00858 e. The van der Waals surface area contributed by atoms with Crippen molar-refractivity contribution < 1.29 is 0 Å². The SMILES string of the molecule is CCCCCCCSc1cc(CCCC)cc(SCCCCCCC)c1. The van der Waals surface area contributed by atoms with Gasteiger partial charge in [0.2, 0.25) is 0 Å². The molecule has 26 heavy (non-hydrogen) atoms. The molecule has 0 atom stereocenters. The number of thioether (sulfide) groups is 2. The molecule has 0 saturated heterocycles. The summed E-state index contributed by atoms with van der Waals surface area (Å²) in [5.41, 5.74) is 1.55. The summed E-state index contributed by atoms with van der Waals surface area (Å²) in [4.78, 5) is 3.00. The molecule has 0 aliphatic rings. The fourth-order valence-corrected chi connectivity index (χ4v) is 5.25. The third-order valence-electron chi connectivity index (χ3n) is 4.79. The van der Waals surface area contributed by atoms with E-state index in [1.165, 1.54) is 105 Å². The molecular formula is C24H42S2. The van der Waals surface area contributed by atoms with E-state index in [0.29, 0.717) is 0 Å². The molecule has 0 aromatic heterocycles. The second-order valence-electron chi connectivity index (χ2n) is 7.44. The van der Waals surface area contributed by atoms with Crippen molar-refractivity contribution in [3.05, 3.63) is 23.8 Å². The maximum atomic E-state index is 2.46. The second-order valence-corrected chi connectivity index (χ2v) is 9.78. The highest BCUT2D eigenvalue weighted by Gasteiger charge is 2.04. The van der Waals surface area contributed by atoms with Crippen LogP contribution in [-0.4, -0.2) is 11.5 Å². The Morgan fingerprint density at radius 1 is 0.538 bits per heavy atom. The van der Waals surface area contributed by atoms with Crippen LogP contribution < -0.4 is 0 Å². The summed E-state index contributed by atoms with van der Waals surface area (Å²) in [5.74, 6) is 2.56. The Balaban J connectivity index is 2.45. The van der Waals surface area contributed by atoms with Crippen LogP contribution in [0.5, 0.6) is 0 Å². The molecule has 0 heterocycles. The van der Waals surface area contributed by atoms with Gasteiger partial charge in [0.25, 0.3) is 0 Å². The number of hydrogen-bond acceptors (Lipinski definition) is 2. The minimum atomic E-state index is 1.24. The van der Waals surface area contributed by atoms with Gasteiger partial charge >= 0.3 is 0 Å². The number of benzene rings is 1. The topological polar surface area (TPSA) is 0 Å². The monoisotopic (exact) mass is 394 g/mol. The molecule has 0 fully saturated rings. The van der Waals surface area contributed by atoms with Crippen molar-refractivity contribution in [3.63, 3.8) is 0 Å². The maximum Gasteiger partial charge on any atom is 0.00858 e. The van der Waals surface area contributed by atoms with E-state index in [9.17, 15) is 0 Å². The van der Waals surface area contributed by atoms with Gasteiger partial charge in [-0.1, -0.05) is 78.6 Å². The average molecular weight is 395 g/mol. The van der Waals surface area contributed by atoms with Crippen molar-refractivity contribution in [1.82, 2.24) is 0 Å². The number of rotatable bonds is 17. The highest BCUT2D eigenvalue weighted by Crippen LogP contribution is 2.29. The largest absolute Gasteiger partial charge is 0.126 e. The van der Waals surface area contributed by atoms with Crippen LogP contribution in [0.25, 0.3) is 0 Å². The molecule has 0 nitrogen and oxygen atoms in total. The van der Waals surface area contributed by atoms with E-state index >= 15 is 0 Å². The van der Waals surface area contributed by atoms with E-state index in [1.54, 1.807) is 5.56 Å². The van der Waals surface area contributed by atoms with Crippen LogP contribution in [0.1, 0.15) is 103 Å². The molecule has 0 unspecified atom stereocenters. The normalized spacial score (nSPS) is 11.2. The first kappa shape index (κ1) is 24.0. The molecule has 2 heteroatoms. The van der Waals surface area contributed by atoms with Gasteiger partial charge in [0.15, 0.2) is 0 Å². The molecule has 1 rings (SSSR count). The van der Waals surface area contributed by atoms with E-state index in [4.69, 9.17) is 0 Å². The number of hydrogen-bond donors (Lipinski definition) is 0. The molecule has 1 aromatic rings. The lowest BCUT2D eigenvalue weighted by Gasteiger charge is -2.10. The van der Waals surface area contributed by atoms with Crippen molar-refractivity contribution in [3.8, 4) is 0 Å². The zero-order valence-corrected chi connectivity index (χ0v) is 19.3. The zero-order chi connectivity index (χ0) is 18.9. The summed E-state index contributed by atoms with van der Waals surface area (Å²) < 4.78 is 0. The molecule has 1 aromatic carbocycles. The molecule has 150 valence electrons. The van der Waals surface area contributed by atoms with Crippen LogP contribution in [-0.2, 0) is 6.42 Å². The minimum absolute atomic E-state index is 1.24. The Labute approximate surface area is 172 Å². The summed E-state index contributed by atoms with van der Waals surface area (Å²) in [6.07, 6.45) is 17.7. The molecule has 0 spiro atoms. The Hall–Kier alpha value is -0.0800. The molecule has 0 saturated carbocycles. The Bertz CT molecular complexity index is 408. The first-order chi connectivity index (χ1) is 12.8. The average Bonchev–Trinajstić information content (AvgIpc) is 2.65. The molecule has 0 N–H and O–H groups in total. The van der Waals surface area contributed by atoms with E-state index < -0.39 is 0 Å². The van der Waals surface area contributed by atoms with Crippen molar-refractivity contribution >= 4 is 23.5 Å². The van der Waals surface area contributed by atoms with Gasteiger partial charge in [0.05, 0.1) is 0 Å². The Morgan fingerprint density at radius 3 is 1.46 bits per heavy atom. The van der Waals surface area contributed by atoms with Gasteiger partial charge in [-0.05, 0) is 61.0 Å². The summed E-state index contributed by atoms with van der Waals surface area (Å²) >= 11 is 4.15. The fourth-order valence-electron chi connectivity index (χ4n) is 3.11. The second kappa shape index (κ2) is 17.0. The van der Waals surface area contributed by atoms with Crippen LogP contribution in [0.2, 0.25) is 0 Å². The molecular weight excluding hydrogens is 352 g/mol. The van der Waals surface area contributed by atoms with Gasteiger partial charge in [-0.3, -0.25) is 0 Å².